The van der Waals surface area contributed by atoms with Gasteiger partial charge in [-0.05, 0) is 163 Å². The molecule has 4 heteroatoms. The average Bonchev–Trinajstić information content (AvgIpc) is 3.61. The molecule has 0 spiro atoms. The smallest absolute Gasteiger partial charge is 0.0540 e. The number of para-hydroxylation sites is 2. The molecular weight excluding hydrogens is 1080 g/mol. The summed E-state index contributed by atoms with van der Waals surface area (Å²) in [6.07, 6.45) is 0. The van der Waals surface area contributed by atoms with Crippen molar-refractivity contribution in [2.45, 2.75) is 0 Å². The average molecular weight is 1140 g/mol. The van der Waals surface area contributed by atoms with E-state index in [1.54, 1.807) is 0 Å². The van der Waals surface area contributed by atoms with Gasteiger partial charge in [0.15, 0.2) is 0 Å². The maximum absolute atomic E-state index is 3.60. The molecule has 3 nitrogen and oxygen atoms in total. The Balaban J connectivity index is 0.000000446. The third-order valence-corrected chi connectivity index (χ3v) is 15.9. The van der Waals surface area contributed by atoms with Gasteiger partial charge in [0.05, 0.1) is 11.4 Å². The number of nitrogens with one attached hydrogen (secondary N) is 1. The van der Waals surface area contributed by atoms with Crippen molar-refractivity contribution in [2.75, 3.05) is 15.1 Å². The molecule has 0 aliphatic carbocycles. The highest BCUT2D eigenvalue weighted by Crippen LogP contribution is 2.42. The van der Waals surface area contributed by atoms with Crippen LogP contribution in [0.2, 0.25) is 0 Å². The van der Waals surface area contributed by atoms with Gasteiger partial charge in [-0.2, -0.15) is 0 Å². The predicted molar refractivity (Wildman–Crippen MR) is 362 cm³/mol. The molecule has 0 aromatic heterocycles. The van der Waals surface area contributed by atoms with E-state index in [-0.39, 0.29) is 0 Å². The molecular formula is C80H58BrN3. The number of rotatable bonds is 13. The van der Waals surface area contributed by atoms with Crippen LogP contribution in [0.25, 0.3) is 77.2 Å². The largest absolute Gasteiger partial charge is 0.356 e. The van der Waals surface area contributed by atoms with Gasteiger partial charge in [-0.1, -0.05) is 265 Å². The zero-order valence-electron chi connectivity index (χ0n) is 46.2. The molecule has 400 valence electrons. The molecule has 0 fully saturated rings. The summed E-state index contributed by atoms with van der Waals surface area (Å²) in [6.45, 7) is 0. The van der Waals surface area contributed by atoms with Crippen molar-refractivity contribution in [3.63, 3.8) is 0 Å². The summed E-state index contributed by atoms with van der Waals surface area (Å²) in [5.74, 6) is 0. The van der Waals surface area contributed by atoms with Crippen molar-refractivity contribution in [3.05, 3.63) is 350 Å². The minimum Gasteiger partial charge on any atom is -0.356 e. The number of halogens is 1. The van der Waals surface area contributed by atoms with Crippen LogP contribution in [0, 0.1) is 0 Å². The normalized spacial score (nSPS) is 10.9. The molecule has 14 aromatic rings. The summed E-state index contributed by atoms with van der Waals surface area (Å²) in [6, 6.07) is 123. The quantitative estimate of drug-likeness (QED) is 0.124. The molecule has 0 heterocycles. The standard InChI is InChI=1S/C68H49N3.C12H9Br/c1-3-17-61(18-4-1)70(67-23-11-15-57-13-7-9-21-65(57)67)63-45-37-55(38-46-63)51-29-25-49(26-30-51)53-33-41-59(42-34-53)69-60-43-35-54(36-44-60)50-27-31-52(32-28-50)56-39-47-64(48-40-56)71(62-19-5-2-6-20-62)68-24-12-16-58-14-8-10-22-66(58)68;13-12-8-6-11(7-9-12)10-4-2-1-3-5-10/h1-48,69H;1-9H. The van der Waals surface area contributed by atoms with E-state index in [1.807, 2.05) is 6.07 Å². The third kappa shape index (κ3) is 11.8. The number of anilines is 8. The fraction of sp³-hybridized carbons (Fsp3) is 0. The molecule has 0 bridgehead atoms. The molecule has 1 N–H and O–H groups in total. The van der Waals surface area contributed by atoms with Crippen LogP contribution < -0.4 is 15.1 Å². The molecule has 14 aromatic carbocycles. The third-order valence-electron chi connectivity index (χ3n) is 15.4. The second-order valence-corrected chi connectivity index (χ2v) is 21.7. The predicted octanol–water partition coefficient (Wildman–Crippen LogP) is 23.5. The van der Waals surface area contributed by atoms with Crippen LogP contribution in [0.3, 0.4) is 0 Å². The molecule has 0 unspecified atom stereocenters. The van der Waals surface area contributed by atoms with Crippen molar-refractivity contribution < 1.29 is 0 Å². The summed E-state index contributed by atoms with van der Waals surface area (Å²) in [7, 11) is 0. The molecule has 14 rings (SSSR count). The molecule has 0 aliphatic heterocycles. The summed E-state index contributed by atoms with van der Waals surface area (Å²) < 4.78 is 1.12. The van der Waals surface area contributed by atoms with Gasteiger partial charge in [0.2, 0.25) is 0 Å². The first-order valence-corrected chi connectivity index (χ1v) is 29.2. The van der Waals surface area contributed by atoms with Crippen LogP contribution in [-0.4, -0.2) is 0 Å². The zero-order valence-corrected chi connectivity index (χ0v) is 47.8. The second kappa shape index (κ2) is 24.7. The van der Waals surface area contributed by atoms with E-state index in [0.29, 0.717) is 0 Å². The lowest BCUT2D eigenvalue weighted by Crippen LogP contribution is -2.10. The Bertz CT molecular complexity index is 4180. The van der Waals surface area contributed by atoms with Gasteiger partial charge in [-0.15, -0.1) is 0 Å². The summed E-state index contributed by atoms with van der Waals surface area (Å²) in [4.78, 5) is 4.69. The Labute approximate surface area is 500 Å². The number of fused-ring (bicyclic) bond motifs is 2. The Kier molecular flexibility index (Phi) is 15.5. The van der Waals surface area contributed by atoms with Gasteiger partial charge in [-0.3, -0.25) is 0 Å². The Morgan fingerprint density at radius 1 is 0.202 bits per heavy atom. The van der Waals surface area contributed by atoms with E-state index in [0.717, 1.165) is 50.0 Å². The SMILES string of the molecule is Brc1ccc(-c2ccccc2)cc1.c1ccc(N(c2ccc(-c3ccc(-c4ccc(Nc5ccc(-c6ccc(-c7ccc(N(c8ccccc8)c8cccc9ccccc89)cc7)cc6)cc5)cc4)cc3)cc2)c2cccc3ccccc23)cc1. The van der Waals surface area contributed by atoms with Crippen LogP contribution in [0.15, 0.2) is 350 Å². The topological polar surface area (TPSA) is 18.5 Å². The van der Waals surface area contributed by atoms with Crippen LogP contribution >= 0.6 is 15.9 Å². The lowest BCUT2D eigenvalue weighted by molar-refractivity contribution is 1.30. The summed E-state index contributed by atoms with van der Waals surface area (Å²) in [5, 5.41) is 8.49. The molecule has 0 saturated heterocycles. The van der Waals surface area contributed by atoms with Gasteiger partial charge in [-0.25, -0.2) is 0 Å². The van der Waals surface area contributed by atoms with E-state index in [4.69, 9.17) is 0 Å². The Hall–Kier alpha value is -10.5. The minimum atomic E-state index is 1.05. The second-order valence-electron chi connectivity index (χ2n) is 20.7. The zero-order chi connectivity index (χ0) is 56.4. The van der Waals surface area contributed by atoms with Crippen LogP contribution in [0.5, 0.6) is 0 Å². The van der Waals surface area contributed by atoms with E-state index >= 15 is 0 Å². The van der Waals surface area contributed by atoms with E-state index in [2.05, 4.69) is 371 Å². The van der Waals surface area contributed by atoms with Crippen molar-refractivity contribution in [1.82, 2.24) is 0 Å². The first-order valence-electron chi connectivity index (χ1n) is 28.4. The van der Waals surface area contributed by atoms with E-state index in [1.165, 1.54) is 77.2 Å². The highest BCUT2D eigenvalue weighted by molar-refractivity contribution is 9.10. The summed E-state index contributed by atoms with van der Waals surface area (Å²) >= 11 is 3.42. The van der Waals surface area contributed by atoms with Gasteiger partial charge in [0.25, 0.3) is 0 Å². The van der Waals surface area contributed by atoms with Crippen molar-refractivity contribution in [3.8, 4) is 55.6 Å². The van der Waals surface area contributed by atoms with Crippen molar-refractivity contribution in [2.24, 2.45) is 0 Å². The van der Waals surface area contributed by atoms with Gasteiger partial charge in [0.1, 0.15) is 0 Å². The maximum atomic E-state index is 3.60. The van der Waals surface area contributed by atoms with Gasteiger partial charge in [0, 0.05) is 49.4 Å². The fourth-order valence-electron chi connectivity index (χ4n) is 11.1. The molecule has 84 heavy (non-hydrogen) atoms. The molecule has 0 amide bonds. The Morgan fingerprint density at radius 3 is 0.810 bits per heavy atom. The van der Waals surface area contributed by atoms with Crippen molar-refractivity contribution >= 4 is 83.0 Å². The first kappa shape index (κ1) is 52.8. The van der Waals surface area contributed by atoms with Crippen molar-refractivity contribution in [1.29, 1.82) is 0 Å². The fourth-order valence-corrected chi connectivity index (χ4v) is 11.3. The number of nitrogens with zero attached hydrogens (tertiary/aromatic N) is 2. The highest BCUT2D eigenvalue weighted by atomic mass is 79.9. The lowest BCUT2D eigenvalue weighted by Gasteiger charge is -2.27. The minimum absolute atomic E-state index is 1.05. The first-order chi connectivity index (χ1) is 41.5. The molecule has 0 aliphatic rings. The summed E-state index contributed by atoms with van der Waals surface area (Å²) in [5.41, 5.74) is 20.9. The van der Waals surface area contributed by atoms with Crippen LogP contribution in [0.4, 0.5) is 45.5 Å². The van der Waals surface area contributed by atoms with Gasteiger partial charge >= 0.3 is 0 Å². The number of hydrogen-bond donors (Lipinski definition) is 1. The molecule has 0 saturated carbocycles. The maximum Gasteiger partial charge on any atom is 0.0540 e. The number of hydrogen-bond acceptors (Lipinski definition) is 3. The number of benzene rings is 14. The monoisotopic (exact) mass is 1140 g/mol. The van der Waals surface area contributed by atoms with Crippen LogP contribution in [-0.2, 0) is 0 Å². The Morgan fingerprint density at radius 2 is 0.452 bits per heavy atom. The van der Waals surface area contributed by atoms with Crippen LogP contribution in [0.1, 0.15) is 0 Å². The lowest BCUT2D eigenvalue weighted by atomic mass is 9.99. The molecule has 0 atom stereocenters. The van der Waals surface area contributed by atoms with E-state index in [9.17, 15) is 0 Å². The molecule has 0 radical (unpaired) electrons. The highest BCUT2D eigenvalue weighted by Gasteiger charge is 2.17. The van der Waals surface area contributed by atoms with E-state index < -0.39 is 0 Å². The van der Waals surface area contributed by atoms with Gasteiger partial charge < -0.3 is 15.1 Å².